The average molecular weight is 339 g/mol. The van der Waals surface area contributed by atoms with E-state index in [0.29, 0.717) is 24.8 Å². The Kier molecular flexibility index (Phi) is 4.23. The third-order valence-corrected chi connectivity index (χ3v) is 4.48. The van der Waals surface area contributed by atoms with Crippen LogP contribution in [-0.4, -0.2) is 52.7 Å². The Hall–Kier alpha value is -2.67. The van der Waals surface area contributed by atoms with Crippen LogP contribution in [0.4, 0.5) is 5.82 Å². The SMILES string of the molecule is O=C1CN(CC(=O)Nc2cc(C3CC3)nn2-c2ccccc2)CCN1. The summed E-state index contributed by atoms with van der Waals surface area (Å²) >= 11 is 0. The third kappa shape index (κ3) is 3.71. The Bertz CT molecular complexity index is 782. The molecule has 2 N–H and O–H groups in total. The molecule has 0 radical (unpaired) electrons. The number of piperazine rings is 1. The lowest BCUT2D eigenvalue weighted by Gasteiger charge is -2.25. The van der Waals surface area contributed by atoms with Crippen molar-refractivity contribution in [3.05, 3.63) is 42.1 Å². The van der Waals surface area contributed by atoms with Gasteiger partial charge in [0.1, 0.15) is 5.82 Å². The van der Waals surface area contributed by atoms with Gasteiger partial charge in [0.25, 0.3) is 0 Å². The number of carbonyl (C=O) groups is 2. The molecule has 130 valence electrons. The van der Waals surface area contributed by atoms with Crippen molar-refractivity contribution in [2.75, 3.05) is 31.5 Å². The van der Waals surface area contributed by atoms with Crippen LogP contribution in [0, 0.1) is 0 Å². The number of benzene rings is 1. The predicted octanol–water partition coefficient (Wildman–Crippen LogP) is 1.12. The number of aromatic nitrogens is 2. The molecule has 2 amide bonds. The Labute approximate surface area is 146 Å². The Balaban J connectivity index is 1.51. The van der Waals surface area contributed by atoms with Crippen molar-refractivity contribution < 1.29 is 9.59 Å². The van der Waals surface area contributed by atoms with E-state index in [2.05, 4.69) is 15.7 Å². The van der Waals surface area contributed by atoms with E-state index in [9.17, 15) is 9.59 Å². The van der Waals surface area contributed by atoms with E-state index in [1.165, 1.54) is 0 Å². The van der Waals surface area contributed by atoms with Crippen LogP contribution in [0.2, 0.25) is 0 Å². The van der Waals surface area contributed by atoms with Crippen molar-refractivity contribution >= 4 is 17.6 Å². The van der Waals surface area contributed by atoms with Crippen LogP contribution < -0.4 is 10.6 Å². The molecule has 2 aromatic rings. The van der Waals surface area contributed by atoms with Crippen LogP contribution in [0.15, 0.2) is 36.4 Å². The minimum Gasteiger partial charge on any atom is -0.354 e. The zero-order valence-corrected chi connectivity index (χ0v) is 13.9. The summed E-state index contributed by atoms with van der Waals surface area (Å²) in [7, 11) is 0. The third-order valence-electron chi connectivity index (χ3n) is 4.48. The molecule has 1 saturated carbocycles. The summed E-state index contributed by atoms with van der Waals surface area (Å²) in [4.78, 5) is 25.7. The van der Waals surface area contributed by atoms with Crippen molar-refractivity contribution in [1.82, 2.24) is 20.0 Å². The molecule has 2 fully saturated rings. The number of amides is 2. The Morgan fingerprint density at radius 2 is 2.08 bits per heavy atom. The lowest BCUT2D eigenvalue weighted by Crippen LogP contribution is -2.49. The van der Waals surface area contributed by atoms with Crippen molar-refractivity contribution in [2.24, 2.45) is 0 Å². The molecule has 7 nitrogen and oxygen atoms in total. The highest BCUT2D eigenvalue weighted by atomic mass is 16.2. The van der Waals surface area contributed by atoms with E-state index in [4.69, 9.17) is 0 Å². The van der Waals surface area contributed by atoms with Gasteiger partial charge in [0, 0.05) is 25.1 Å². The van der Waals surface area contributed by atoms with E-state index in [1.807, 2.05) is 41.3 Å². The molecule has 0 bridgehead atoms. The van der Waals surface area contributed by atoms with Gasteiger partial charge >= 0.3 is 0 Å². The molecule has 1 aromatic carbocycles. The quantitative estimate of drug-likeness (QED) is 0.856. The maximum absolute atomic E-state index is 12.4. The first kappa shape index (κ1) is 15.8. The number of anilines is 1. The molecular weight excluding hydrogens is 318 g/mol. The lowest BCUT2D eigenvalue weighted by atomic mass is 10.3. The molecule has 4 rings (SSSR count). The summed E-state index contributed by atoms with van der Waals surface area (Å²) in [6, 6.07) is 11.8. The minimum atomic E-state index is -0.130. The molecule has 0 spiro atoms. The van der Waals surface area contributed by atoms with E-state index in [0.717, 1.165) is 24.2 Å². The summed E-state index contributed by atoms with van der Waals surface area (Å²) in [5, 5.41) is 10.4. The molecule has 1 aromatic heterocycles. The molecule has 1 saturated heterocycles. The Morgan fingerprint density at radius 1 is 1.28 bits per heavy atom. The maximum Gasteiger partial charge on any atom is 0.239 e. The second-order valence-corrected chi connectivity index (χ2v) is 6.58. The van der Waals surface area contributed by atoms with Crippen molar-refractivity contribution in [3.63, 3.8) is 0 Å². The molecule has 1 aliphatic heterocycles. The molecule has 1 aliphatic carbocycles. The lowest BCUT2D eigenvalue weighted by molar-refractivity contribution is -0.125. The fraction of sp³-hybridized carbons (Fsp3) is 0.389. The van der Waals surface area contributed by atoms with Crippen molar-refractivity contribution in [2.45, 2.75) is 18.8 Å². The number of hydrogen-bond donors (Lipinski definition) is 2. The highest BCUT2D eigenvalue weighted by molar-refractivity contribution is 5.92. The number of nitrogens with zero attached hydrogens (tertiary/aromatic N) is 3. The molecule has 7 heteroatoms. The van der Waals surface area contributed by atoms with E-state index in [1.54, 1.807) is 4.68 Å². The molecule has 25 heavy (non-hydrogen) atoms. The first-order valence-corrected chi connectivity index (χ1v) is 8.63. The number of nitrogens with one attached hydrogen (secondary N) is 2. The average Bonchev–Trinajstić information content (AvgIpc) is 3.37. The molecule has 0 unspecified atom stereocenters. The van der Waals surface area contributed by atoms with E-state index < -0.39 is 0 Å². The summed E-state index contributed by atoms with van der Waals surface area (Å²) in [6.07, 6.45) is 2.31. The second-order valence-electron chi connectivity index (χ2n) is 6.58. The number of rotatable bonds is 5. The van der Waals surface area contributed by atoms with Crippen LogP contribution in [0.5, 0.6) is 0 Å². The second kappa shape index (κ2) is 6.68. The highest BCUT2D eigenvalue weighted by Gasteiger charge is 2.28. The van der Waals surface area contributed by atoms with Gasteiger partial charge in [-0.1, -0.05) is 18.2 Å². The zero-order valence-electron chi connectivity index (χ0n) is 13.9. The van der Waals surface area contributed by atoms with Gasteiger partial charge in [0.15, 0.2) is 0 Å². The summed E-state index contributed by atoms with van der Waals surface area (Å²) in [6.45, 7) is 1.73. The topological polar surface area (TPSA) is 79.3 Å². The van der Waals surface area contributed by atoms with Crippen molar-refractivity contribution in [1.29, 1.82) is 0 Å². The van der Waals surface area contributed by atoms with Gasteiger partial charge in [-0.25, -0.2) is 4.68 Å². The number of para-hydroxylation sites is 1. The molecule has 2 heterocycles. The first-order valence-electron chi connectivity index (χ1n) is 8.63. The standard InChI is InChI=1S/C18H21N5O2/c24-17-11-22(9-8-19-17)12-18(25)20-16-10-15(13-6-7-13)21-23(16)14-4-2-1-3-5-14/h1-5,10,13H,6-9,11-12H2,(H,19,24)(H,20,25). The van der Waals surface area contributed by atoms with Crippen LogP contribution >= 0.6 is 0 Å². The van der Waals surface area contributed by atoms with Gasteiger partial charge < -0.3 is 10.6 Å². The smallest absolute Gasteiger partial charge is 0.239 e. The van der Waals surface area contributed by atoms with Gasteiger partial charge in [-0.2, -0.15) is 5.10 Å². The maximum atomic E-state index is 12.4. The fourth-order valence-corrected chi connectivity index (χ4v) is 3.04. The fourth-order valence-electron chi connectivity index (χ4n) is 3.04. The van der Waals surface area contributed by atoms with Gasteiger partial charge in [0.2, 0.25) is 11.8 Å². The van der Waals surface area contributed by atoms with Gasteiger partial charge in [-0.15, -0.1) is 0 Å². The first-order chi connectivity index (χ1) is 12.2. The van der Waals surface area contributed by atoms with Crippen LogP contribution in [0.3, 0.4) is 0 Å². The van der Waals surface area contributed by atoms with Crippen LogP contribution in [-0.2, 0) is 9.59 Å². The van der Waals surface area contributed by atoms with Gasteiger partial charge in [-0.3, -0.25) is 14.5 Å². The summed E-state index contributed by atoms with van der Waals surface area (Å²) < 4.78 is 1.79. The largest absolute Gasteiger partial charge is 0.354 e. The molecular formula is C18H21N5O2. The van der Waals surface area contributed by atoms with Gasteiger partial charge in [0.05, 0.1) is 24.5 Å². The summed E-state index contributed by atoms with van der Waals surface area (Å²) in [5.41, 5.74) is 1.94. The Morgan fingerprint density at radius 3 is 2.80 bits per heavy atom. The predicted molar refractivity (Wildman–Crippen MR) is 93.6 cm³/mol. The number of hydrogen-bond acceptors (Lipinski definition) is 4. The van der Waals surface area contributed by atoms with Crippen LogP contribution in [0.25, 0.3) is 5.69 Å². The highest BCUT2D eigenvalue weighted by Crippen LogP contribution is 2.40. The van der Waals surface area contributed by atoms with Crippen LogP contribution in [0.1, 0.15) is 24.5 Å². The molecule has 2 aliphatic rings. The summed E-state index contributed by atoms with van der Waals surface area (Å²) in [5.74, 6) is 1.02. The number of carbonyl (C=O) groups excluding carboxylic acids is 2. The van der Waals surface area contributed by atoms with Gasteiger partial charge in [-0.05, 0) is 25.0 Å². The van der Waals surface area contributed by atoms with E-state index in [-0.39, 0.29) is 24.9 Å². The monoisotopic (exact) mass is 339 g/mol. The van der Waals surface area contributed by atoms with E-state index >= 15 is 0 Å². The molecule has 0 atom stereocenters. The zero-order chi connectivity index (χ0) is 17.2. The minimum absolute atomic E-state index is 0.0376. The normalized spacial score (nSPS) is 18.0. The van der Waals surface area contributed by atoms with Crippen molar-refractivity contribution in [3.8, 4) is 5.69 Å².